The first-order chi connectivity index (χ1) is 9.15. The van der Waals surface area contributed by atoms with Crippen molar-refractivity contribution in [1.82, 2.24) is 4.90 Å². The molecule has 0 N–H and O–H groups in total. The second kappa shape index (κ2) is 5.99. The average molecular weight is 278 g/mol. The van der Waals surface area contributed by atoms with E-state index in [2.05, 4.69) is 5.92 Å². The highest BCUT2D eigenvalue weighted by Crippen LogP contribution is 2.31. The molecule has 1 aromatic carbocycles. The van der Waals surface area contributed by atoms with Crippen LogP contribution in [0.2, 0.25) is 5.02 Å². The van der Waals surface area contributed by atoms with Crippen LogP contribution in [0.1, 0.15) is 23.2 Å². The summed E-state index contributed by atoms with van der Waals surface area (Å²) in [6, 6.07) is 5.02. The Labute approximate surface area is 118 Å². The van der Waals surface area contributed by atoms with Crippen LogP contribution in [0.3, 0.4) is 0 Å². The molecule has 1 aliphatic rings. The number of ether oxygens (including phenoxy) is 1. The lowest BCUT2D eigenvalue weighted by atomic mass is 10.1. The molecule has 3 nitrogen and oxygen atoms in total. The molecule has 1 fully saturated rings. The number of nitrogens with zero attached hydrogens (tertiary/aromatic N) is 1. The molecule has 0 bridgehead atoms. The maximum Gasteiger partial charge on any atom is 0.258 e. The van der Waals surface area contributed by atoms with Gasteiger partial charge in [-0.15, -0.1) is 6.42 Å². The number of halogens is 1. The minimum atomic E-state index is -0.121. The van der Waals surface area contributed by atoms with Crippen molar-refractivity contribution >= 4 is 17.5 Å². The first-order valence-electron chi connectivity index (χ1n) is 6.22. The van der Waals surface area contributed by atoms with Crippen molar-refractivity contribution in [2.24, 2.45) is 5.92 Å². The van der Waals surface area contributed by atoms with Crippen molar-refractivity contribution in [3.63, 3.8) is 0 Å². The van der Waals surface area contributed by atoms with E-state index in [1.54, 1.807) is 23.1 Å². The maximum atomic E-state index is 12.5. The van der Waals surface area contributed by atoms with Crippen LogP contribution in [0.15, 0.2) is 18.2 Å². The van der Waals surface area contributed by atoms with Crippen molar-refractivity contribution in [3.8, 4) is 18.1 Å². The highest BCUT2D eigenvalue weighted by Gasteiger charge is 2.28. The van der Waals surface area contributed by atoms with Gasteiger partial charge in [0.05, 0.1) is 19.2 Å². The molecule has 2 rings (SSSR count). The van der Waals surface area contributed by atoms with E-state index in [9.17, 15) is 4.79 Å². The van der Waals surface area contributed by atoms with Crippen LogP contribution in [-0.4, -0.2) is 31.0 Å². The summed E-state index contributed by atoms with van der Waals surface area (Å²) < 4.78 is 5.21. The number of rotatable bonds is 5. The van der Waals surface area contributed by atoms with Crippen molar-refractivity contribution in [2.45, 2.75) is 12.8 Å². The Hall–Kier alpha value is -1.66. The summed E-state index contributed by atoms with van der Waals surface area (Å²) >= 11 is 5.95. The number of hydrogen-bond acceptors (Lipinski definition) is 2. The number of methoxy groups -OCH3 is 1. The Bertz CT molecular complexity index is 517. The first-order valence-corrected chi connectivity index (χ1v) is 6.59. The SMILES string of the molecule is C#CCN(CC1CC1)C(=O)c1cc(Cl)ccc1OC. The Morgan fingerprint density at radius 1 is 1.58 bits per heavy atom. The lowest BCUT2D eigenvalue weighted by Crippen LogP contribution is -2.33. The Balaban J connectivity index is 2.24. The number of hydrogen-bond donors (Lipinski definition) is 0. The van der Waals surface area contributed by atoms with E-state index in [0.717, 1.165) is 0 Å². The quantitative estimate of drug-likeness (QED) is 0.775. The lowest BCUT2D eigenvalue weighted by molar-refractivity contribution is 0.0766. The molecule has 1 saturated carbocycles. The molecule has 0 saturated heterocycles. The van der Waals surface area contributed by atoms with Gasteiger partial charge >= 0.3 is 0 Å². The van der Waals surface area contributed by atoms with Crippen LogP contribution >= 0.6 is 11.6 Å². The normalized spacial score (nSPS) is 13.7. The molecule has 0 spiro atoms. The minimum absolute atomic E-state index is 0.121. The Morgan fingerprint density at radius 2 is 2.32 bits per heavy atom. The molecule has 1 amide bonds. The van der Waals surface area contributed by atoms with E-state index >= 15 is 0 Å². The maximum absolute atomic E-state index is 12.5. The van der Waals surface area contributed by atoms with Gasteiger partial charge in [0.15, 0.2) is 0 Å². The summed E-state index contributed by atoms with van der Waals surface area (Å²) in [5.41, 5.74) is 0.464. The van der Waals surface area contributed by atoms with Gasteiger partial charge < -0.3 is 9.64 Å². The van der Waals surface area contributed by atoms with Gasteiger partial charge in [0, 0.05) is 11.6 Å². The molecule has 0 radical (unpaired) electrons. The van der Waals surface area contributed by atoms with Crippen LogP contribution in [0, 0.1) is 18.3 Å². The van der Waals surface area contributed by atoms with E-state index in [-0.39, 0.29) is 5.91 Å². The molecule has 0 aliphatic heterocycles. The average Bonchev–Trinajstić information content (AvgIpc) is 3.21. The Kier molecular flexibility index (Phi) is 4.34. The zero-order chi connectivity index (χ0) is 13.8. The van der Waals surface area contributed by atoms with Gasteiger partial charge in [-0.3, -0.25) is 4.79 Å². The lowest BCUT2D eigenvalue weighted by Gasteiger charge is -2.21. The largest absolute Gasteiger partial charge is 0.496 e. The molecular formula is C15H16ClNO2. The van der Waals surface area contributed by atoms with E-state index in [0.29, 0.717) is 35.3 Å². The molecule has 0 atom stereocenters. The minimum Gasteiger partial charge on any atom is -0.496 e. The van der Waals surface area contributed by atoms with E-state index in [1.807, 2.05) is 0 Å². The topological polar surface area (TPSA) is 29.5 Å². The molecule has 19 heavy (non-hydrogen) atoms. The van der Waals surface area contributed by atoms with Crippen molar-refractivity contribution in [2.75, 3.05) is 20.2 Å². The van der Waals surface area contributed by atoms with Gasteiger partial charge in [-0.25, -0.2) is 0 Å². The number of amides is 1. The van der Waals surface area contributed by atoms with Crippen molar-refractivity contribution < 1.29 is 9.53 Å². The molecule has 0 aromatic heterocycles. The molecule has 100 valence electrons. The monoisotopic (exact) mass is 277 g/mol. The second-order valence-corrected chi connectivity index (χ2v) is 5.11. The smallest absolute Gasteiger partial charge is 0.258 e. The summed E-state index contributed by atoms with van der Waals surface area (Å²) in [6.45, 7) is 1.02. The van der Waals surface area contributed by atoms with Crippen molar-refractivity contribution in [1.29, 1.82) is 0 Å². The zero-order valence-corrected chi connectivity index (χ0v) is 11.6. The number of benzene rings is 1. The third-order valence-corrected chi connectivity index (χ3v) is 3.37. The van der Waals surface area contributed by atoms with Crippen LogP contribution in [-0.2, 0) is 0 Å². The van der Waals surface area contributed by atoms with E-state index in [1.165, 1.54) is 20.0 Å². The molecule has 1 aromatic rings. The molecule has 0 unspecified atom stereocenters. The van der Waals surface area contributed by atoms with Crippen molar-refractivity contribution in [3.05, 3.63) is 28.8 Å². The van der Waals surface area contributed by atoms with E-state index < -0.39 is 0 Å². The predicted octanol–water partition coefficient (Wildman–Crippen LogP) is 2.83. The highest BCUT2D eigenvalue weighted by atomic mass is 35.5. The van der Waals surface area contributed by atoms with E-state index in [4.69, 9.17) is 22.8 Å². The first kappa shape index (κ1) is 13.8. The number of terminal acetylenes is 1. The third kappa shape index (κ3) is 3.42. The number of carbonyl (C=O) groups is 1. The summed E-state index contributed by atoms with van der Waals surface area (Å²) in [5, 5.41) is 0.510. The van der Waals surface area contributed by atoms with Crippen LogP contribution < -0.4 is 4.74 Å². The van der Waals surface area contributed by atoms with Gasteiger partial charge in [-0.05, 0) is 37.0 Å². The molecular weight excluding hydrogens is 262 g/mol. The van der Waals surface area contributed by atoms with Crippen LogP contribution in [0.5, 0.6) is 5.75 Å². The fourth-order valence-corrected chi connectivity index (χ4v) is 2.13. The standard InChI is InChI=1S/C15H16ClNO2/c1-3-8-17(10-11-4-5-11)15(18)13-9-12(16)6-7-14(13)19-2/h1,6-7,9,11H,4-5,8,10H2,2H3. The molecule has 1 aliphatic carbocycles. The van der Waals surface area contributed by atoms with Gasteiger partial charge in [0.25, 0.3) is 5.91 Å². The second-order valence-electron chi connectivity index (χ2n) is 4.68. The molecule has 0 heterocycles. The van der Waals surface area contributed by atoms with Gasteiger partial charge in [0.1, 0.15) is 5.75 Å². The van der Waals surface area contributed by atoms with Gasteiger partial charge in [0.2, 0.25) is 0 Å². The van der Waals surface area contributed by atoms with Crippen LogP contribution in [0.25, 0.3) is 0 Å². The fraction of sp³-hybridized carbons (Fsp3) is 0.400. The summed E-state index contributed by atoms with van der Waals surface area (Å²) in [4.78, 5) is 14.2. The van der Waals surface area contributed by atoms with Gasteiger partial charge in [-0.2, -0.15) is 0 Å². The molecule has 4 heteroatoms. The summed E-state index contributed by atoms with van der Waals surface area (Å²) in [5.74, 6) is 3.52. The van der Waals surface area contributed by atoms with Crippen LogP contribution in [0.4, 0.5) is 0 Å². The predicted molar refractivity (Wildman–Crippen MR) is 75.5 cm³/mol. The Morgan fingerprint density at radius 3 is 2.89 bits per heavy atom. The fourth-order valence-electron chi connectivity index (χ4n) is 1.96. The zero-order valence-electron chi connectivity index (χ0n) is 10.9. The summed E-state index contributed by atoms with van der Waals surface area (Å²) in [6.07, 6.45) is 7.68. The third-order valence-electron chi connectivity index (χ3n) is 3.14. The number of carbonyl (C=O) groups excluding carboxylic acids is 1. The highest BCUT2D eigenvalue weighted by molar-refractivity contribution is 6.31. The summed E-state index contributed by atoms with van der Waals surface area (Å²) in [7, 11) is 1.53. The van der Waals surface area contributed by atoms with Gasteiger partial charge in [-0.1, -0.05) is 17.5 Å².